The zero-order valence-corrected chi connectivity index (χ0v) is 13.7. The predicted octanol–water partition coefficient (Wildman–Crippen LogP) is -2.82. The van der Waals surface area contributed by atoms with Crippen molar-refractivity contribution < 1.29 is 24.4 Å². The van der Waals surface area contributed by atoms with Crippen molar-refractivity contribution in [1.82, 2.24) is 5.32 Å². The first-order valence-electron chi connectivity index (χ1n) is 8.00. The largest absolute Gasteiger partial charge is 0.389 e. The van der Waals surface area contributed by atoms with Gasteiger partial charge in [0.15, 0.2) is 6.29 Å². The highest BCUT2D eigenvalue weighted by Crippen LogP contribution is 2.32. The van der Waals surface area contributed by atoms with Gasteiger partial charge in [0, 0.05) is 20.1 Å². The van der Waals surface area contributed by atoms with Crippen molar-refractivity contribution in [3.63, 3.8) is 0 Å². The number of likely N-dealkylation sites (N-methyl/N-ethyl adjacent to an activating group) is 1. The molecule has 0 spiro atoms. The van der Waals surface area contributed by atoms with Crippen LogP contribution in [0.4, 0.5) is 0 Å². The van der Waals surface area contributed by atoms with E-state index in [1.165, 1.54) is 7.11 Å². The van der Waals surface area contributed by atoms with Crippen LogP contribution >= 0.6 is 0 Å². The lowest BCUT2D eigenvalue weighted by Crippen LogP contribution is -2.71. The minimum absolute atomic E-state index is 0.112. The molecule has 0 aromatic heterocycles. The van der Waals surface area contributed by atoms with Crippen molar-refractivity contribution in [3.05, 3.63) is 0 Å². The molecule has 0 amide bonds. The van der Waals surface area contributed by atoms with Gasteiger partial charge in [-0.3, -0.25) is 5.32 Å². The molecule has 0 bridgehead atoms. The van der Waals surface area contributed by atoms with Crippen molar-refractivity contribution in [3.8, 4) is 0 Å². The SMILES string of the molecule is CNC1(O)CC(OC2OC(CN)CCC2N)C(N)C(O)C1OC. The molecule has 1 heterocycles. The Morgan fingerprint density at radius 2 is 2.04 bits per heavy atom. The van der Waals surface area contributed by atoms with Gasteiger partial charge in [0.25, 0.3) is 0 Å². The van der Waals surface area contributed by atoms with E-state index >= 15 is 0 Å². The van der Waals surface area contributed by atoms with Gasteiger partial charge in [-0.05, 0) is 19.9 Å². The zero-order valence-electron chi connectivity index (χ0n) is 13.7. The van der Waals surface area contributed by atoms with Gasteiger partial charge in [0.1, 0.15) is 17.9 Å². The highest BCUT2D eigenvalue weighted by molar-refractivity contribution is 5.04. The molecule has 2 aliphatic rings. The first-order valence-corrected chi connectivity index (χ1v) is 8.00. The molecule has 23 heavy (non-hydrogen) atoms. The van der Waals surface area contributed by atoms with E-state index in [9.17, 15) is 10.2 Å². The number of nitrogens with two attached hydrogens (primary N) is 3. The van der Waals surface area contributed by atoms with Crippen LogP contribution < -0.4 is 22.5 Å². The number of hydrogen-bond acceptors (Lipinski definition) is 9. The molecule has 9 N–H and O–H groups in total. The summed E-state index contributed by atoms with van der Waals surface area (Å²) in [6.07, 6.45) is -1.72. The minimum atomic E-state index is -1.46. The second kappa shape index (κ2) is 7.68. The number of aliphatic hydroxyl groups is 2. The number of methoxy groups -OCH3 is 1. The molecule has 9 heteroatoms. The van der Waals surface area contributed by atoms with Crippen LogP contribution in [-0.2, 0) is 14.2 Å². The van der Waals surface area contributed by atoms with E-state index in [0.717, 1.165) is 12.8 Å². The lowest BCUT2D eigenvalue weighted by Gasteiger charge is -2.48. The molecule has 1 saturated carbocycles. The maximum Gasteiger partial charge on any atom is 0.173 e. The molecule has 8 unspecified atom stereocenters. The minimum Gasteiger partial charge on any atom is -0.389 e. The predicted molar refractivity (Wildman–Crippen MR) is 83.2 cm³/mol. The molecule has 0 aromatic rings. The number of aliphatic hydroxyl groups excluding tert-OH is 1. The fraction of sp³-hybridized carbons (Fsp3) is 1.00. The summed E-state index contributed by atoms with van der Waals surface area (Å²) < 4.78 is 16.9. The fourth-order valence-electron chi connectivity index (χ4n) is 3.33. The second-order valence-electron chi connectivity index (χ2n) is 6.38. The molecule has 9 nitrogen and oxygen atoms in total. The Kier molecular flexibility index (Phi) is 6.34. The summed E-state index contributed by atoms with van der Waals surface area (Å²) in [6.45, 7) is 0.387. The van der Waals surface area contributed by atoms with E-state index in [-0.39, 0.29) is 18.6 Å². The van der Waals surface area contributed by atoms with E-state index in [1.807, 2.05) is 0 Å². The lowest BCUT2D eigenvalue weighted by atomic mass is 9.81. The van der Waals surface area contributed by atoms with Crippen LogP contribution in [0.2, 0.25) is 0 Å². The van der Waals surface area contributed by atoms with Crippen LogP contribution in [-0.4, -0.2) is 79.4 Å². The smallest absolute Gasteiger partial charge is 0.173 e. The van der Waals surface area contributed by atoms with Crippen LogP contribution in [0.1, 0.15) is 19.3 Å². The van der Waals surface area contributed by atoms with Gasteiger partial charge >= 0.3 is 0 Å². The molecule has 2 rings (SSSR count). The molecule has 0 aromatic carbocycles. The number of ether oxygens (including phenoxy) is 3. The van der Waals surface area contributed by atoms with Crippen LogP contribution in [0.5, 0.6) is 0 Å². The van der Waals surface area contributed by atoms with Gasteiger partial charge < -0.3 is 41.6 Å². The molecule has 2 fully saturated rings. The Labute approximate surface area is 136 Å². The van der Waals surface area contributed by atoms with Gasteiger partial charge in [-0.2, -0.15) is 0 Å². The Hall–Kier alpha value is -0.360. The normalized spacial score (nSPS) is 48.4. The van der Waals surface area contributed by atoms with E-state index in [1.54, 1.807) is 7.05 Å². The second-order valence-corrected chi connectivity index (χ2v) is 6.38. The monoisotopic (exact) mass is 334 g/mol. The van der Waals surface area contributed by atoms with Crippen LogP contribution in [0.15, 0.2) is 0 Å². The van der Waals surface area contributed by atoms with E-state index in [0.29, 0.717) is 6.54 Å². The van der Waals surface area contributed by atoms with Crippen molar-refractivity contribution in [2.75, 3.05) is 20.7 Å². The summed E-state index contributed by atoms with van der Waals surface area (Å²) in [4.78, 5) is 0. The summed E-state index contributed by atoms with van der Waals surface area (Å²) in [7, 11) is 3.00. The maximum absolute atomic E-state index is 10.7. The highest BCUT2D eigenvalue weighted by Gasteiger charge is 2.52. The van der Waals surface area contributed by atoms with Crippen molar-refractivity contribution in [1.29, 1.82) is 0 Å². The summed E-state index contributed by atoms with van der Waals surface area (Å²) in [5, 5.41) is 23.8. The Bertz CT molecular complexity index is 390. The third-order valence-electron chi connectivity index (χ3n) is 4.87. The van der Waals surface area contributed by atoms with Gasteiger partial charge in [0.05, 0.1) is 24.3 Å². The summed E-state index contributed by atoms with van der Waals surface area (Å²) >= 11 is 0. The lowest BCUT2D eigenvalue weighted by molar-refractivity contribution is -0.265. The first kappa shape index (κ1) is 19.0. The van der Waals surface area contributed by atoms with Crippen molar-refractivity contribution >= 4 is 0 Å². The highest BCUT2D eigenvalue weighted by atomic mass is 16.7. The number of nitrogens with one attached hydrogen (secondary N) is 1. The third-order valence-corrected chi connectivity index (χ3v) is 4.87. The molecule has 0 radical (unpaired) electrons. The van der Waals surface area contributed by atoms with E-state index < -0.39 is 36.4 Å². The van der Waals surface area contributed by atoms with E-state index in [4.69, 9.17) is 31.4 Å². The first-order chi connectivity index (χ1) is 10.9. The van der Waals surface area contributed by atoms with Gasteiger partial charge in [-0.25, -0.2) is 0 Å². The maximum atomic E-state index is 10.7. The molecule has 1 saturated heterocycles. The van der Waals surface area contributed by atoms with Crippen LogP contribution in [0.25, 0.3) is 0 Å². The molecule has 8 atom stereocenters. The number of rotatable bonds is 5. The van der Waals surface area contributed by atoms with Crippen molar-refractivity contribution in [2.24, 2.45) is 17.2 Å². The quantitative estimate of drug-likeness (QED) is 0.292. The standard InChI is InChI=1S/C14H30N4O5/c1-18-14(20)5-9(10(17)11(19)12(14)21-2)23-13-8(16)4-3-7(6-15)22-13/h7-13,18-20H,3-6,15-17H2,1-2H3. The molecule has 1 aliphatic carbocycles. The molecular formula is C14H30N4O5. The topological polar surface area (TPSA) is 158 Å². The van der Waals surface area contributed by atoms with Gasteiger partial charge in [-0.1, -0.05) is 0 Å². The third kappa shape index (κ3) is 3.84. The Balaban J connectivity index is 2.09. The molecule has 136 valence electrons. The fourth-order valence-corrected chi connectivity index (χ4v) is 3.33. The number of hydrogen-bond donors (Lipinski definition) is 6. The van der Waals surface area contributed by atoms with Crippen LogP contribution in [0, 0.1) is 0 Å². The zero-order chi connectivity index (χ0) is 17.2. The Morgan fingerprint density at radius 3 is 2.61 bits per heavy atom. The molecule has 1 aliphatic heterocycles. The average Bonchev–Trinajstić information content (AvgIpc) is 2.54. The average molecular weight is 334 g/mol. The van der Waals surface area contributed by atoms with E-state index in [2.05, 4.69) is 5.32 Å². The molecular weight excluding hydrogens is 304 g/mol. The Morgan fingerprint density at radius 1 is 1.35 bits per heavy atom. The summed E-state index contributed by atoms with van der Waals surface area (Å²) in [5.41, 5.74) is 16.3. The van der Waals surface area contributed by atoms with Crippen LogP contribution in [0.3, 0.4) is 0 Å². The van der Waals surface area contributed by atoms with Crippen molar-refractivity contribution in [2.45, 2.75) is 67.8 Å². The van der Waals surface area contributed by atoms with Gasteiger partial charge in [-0.15, -0.1) is 0 Å². The summed E-state index contributed by atoms with van der Waals surface area (Å²) in [6, 6.07) is -1.03. The van der Waals surface area contributed by atoms with Gasteiger partial charge in [0.2, 0.25) is 0 Å². The summed E-state index contributed by atoms with van der Waals surface area (Å²) in [5.74, 6) is 0.